The quantitative estimate of drug-likeness (QED) is 0.130. The van der Waals surface area contributed by atoms with Gasteiger partial charge in [0.05, 0.1) is 45.5 Å². The summed E-state index contributed by atoms with van der Waals surface area (Å²) in [7, 11) is 0. The Morgan fingerprint density at radius 1 is 0.313 bits per heavy atom. The third-order valence-corrected chi connectivity index (χ3v) is 22.1. The number of pyridine rings is 4. The van der Waals surface area contributed by atoms with E-state index >= 15 is 0 Å². The summed E-state index contributed by atoms with van der Waals surface area (Å²) in [6, 6.07) is 26.3. The Bertz CT molecular complexity index is 3770. The van der Waals surface area contributed by atoms with E-state index in [1.165, 1.54) is 157 Å². The number of anilines is 6. The highest BCUT2D eigenvalue weighted by Gasteiger charge is 2.36. The molecule has 99 heavy (non-hydrogen) atoms. The van der Waals surface area contributed by atoms with E-state index < -0.39 is 0 Å². The van der Waals surface area contributed by atoms with Gasteiger partial charge in [0.1, 0.15) is 30.8 Å². The molecule has 8 aliphatic rings. The zero-order chi connectivity index (χ0) is 71.1. The predicted octanol–water partition coefficient (Wildman–Crippen LogP) is 19.9. The molecule has 14 nitrogen and oxygen atoms in total. The lowest BCUT2D eigenvalue weighted by atomic mass is 9.94. The van der Waals surface area contributed by atoms with E-state index in [2.05, 4.69) is 336 Å². The van der Waals surface area contributed by atoms with Crippen molar-refractivity contribution in [2.75, 3.05) is 29.4 Å². The van der Waals surface area contributed by atoms with Gasteiger partial charge < -0.3 is 49.0 Å². The summed E-state index contributed by atoms with van der Waals surface area (Å²) >= 11 is 0. The SMILES string of the molecule is Cc1cc(C)c(N2C=CN(C(C)C)[C@H]2C)c(C)n1.Cc1cc(C)c(N2C=CN(C3CCCC3)[C@H]2C)c(C)n1.Cc1cc(C)c(N2C=CN(C3CCCCC3)[C@H]2C)c(C)n1.Cc1ccccc1N1C=CN(c2c(C)cccc2C)[C@H]1C.Cc1ccnc(C)c1N1C=CN(C2CCCC2)[C@H]1C. The van der Waals surface area contributed by atoms with Gasteiger partial charge in [0.15, 0.2) is 0 Å². The highest BCUT2D eigenvalue weighted by atomic mass is 15.4. The summed E-state index contributed by atoms with van der Waals surface area (Å²) in [5, 5.41) is 0. The molecular formula is C85H120N14. The molecule has 5 aliphatic heterocycles. The van der Waals surface area contributed by atoms with Gasteiger partial charge in [-0.3, -0.25) is 19.9 Å². The molecule has 3 fully saturated rings. The number of aryl methyl sites for hydroxylation is 14. The van der Waals surface area contributed by atoms with Gasteiger partial charge in [-0.2, -0.15) is 0 Å². The molecule has 0 spiro atoms. The van der Waals surface area contributed by atoms with Crippen molar-refractivity contribution in [2.24, 2.45) is 0 Å². The predicted molar refractivity (Wildman–Crippen MR) is 418 cm³/mol. The normalized spacial score (nSPS) is 21.3. The summed E-state index contributed by atoms with van der Waals surface area (Å²) in [6.45, 7) is 45.7. The molecule has 0 unspecified atom stereocenters. The lowest BCUT2D eigenvalue weighted by Crippen LogP contribution is -2.43. The molecule has 0 N–H and O–H groups in total. The molecule has 5 atom stereocenters. The number of benzene rings is 2. The van der Waals surface area contributed by atoms with Crippen molar-refractivity contribution < 1.29 is 0 Å². The molecule has 4 aromatic heterocycles. The van der Waals surface area contributed by atoms with Gasteiger partial charge in [0, 0.05) is 121 Å². The minimum Gasteiger partial charge on any atom is -0.353 e. The second kappa shape index (κ2) is 32.4. The van der Waals surface area contributed by atoms with Crippen LogP contribution in [0.4, 0.5) is 34.1 Å². The van der Waals surface area contributed by atoms with Crippen LogP contribution < -0.4 is 29.4 Å². The van der Waals surface area contributed by atoms with Gasteiger partial charge in [-0.15, -0.1) is 0 Å². The van der Waals surface area contributed by atoms with Crippen LogP contribution in [-0.4, -0.2) is 94.5 Å². The second-order valence-electron chi connectivity index (χ2n) is 29.8. The van der Waals surface area contributed by atoms with Crippen LogP contribution in [0.5, 0.6) is 0 Å². The van der Waals surface area contributed by atoms with Gasteiger partial charge in [-0.1, -0.05) is 81.3 Å². The Morgan fingerprint density at radius 2 is 0.646 bits per heavy atom. The van der Waals surface area contributed by atoms with Crippen LogP contribution in [0.15, 0.2) is 135 Å². The monoisotopic (exact) mass is 1340 g/mol. The van der Waals surface area contributed by atoms with Crippen LogP contribution in [0.25, 0.3) is 0 Å². The van der Waals surface area contributed by atoms with Crippen molar-refractivity contribution in [3.05, 3.63) is 214 Å². The fourth-order valence-corrected chi connectivity index (χ4v) is 17.3. The first-order chi connectivity index (χ1) is 47.3. The fourth-order valence-electron chi connectivity index (χ4n) is 17.3. The number of hydrogen-bond acceptors (Lipinski definition) is 14. The van der Waals surface area contributed by atoms with Crippen LogP contribution in [0.3, 0.4) is 0 Å². The molecule has 9 heterocycles. The van der Waals surface area contributed by atoms with Crippen molar-refractivity contribution >= 4 is 34.1 Å². The van der Waals surface area contributed by atoms with Gasteiger partial charge in [-0.25, -0.2) is 0 Å². The minimum absolute atomic E-state index is 0.283. The Morgan fingerprint density at radius 3 is 1.03 bits per heavy atom. The standard InChI is InChI=1S/C19H22N2.C18H27N3.C17H25N3.C16H23N3.C15H23N3/c1-14-8-5-6-11-18(14)20-12-13-21(17(20)4)19-15(2)9-7-10-16(19)3;1-13-12-14(2)19-15(3)18(13)21-11-10-20(16(21)4)17-8-6-5-7-9-17;1-12-11-13(2)18-14(3)17(12)20-10-9-19(15(20)4)16-7-5-6-8-16;1-12-8-9-17-13(2)16(12)19-11-10-18(14(19)3)15-6-4-5-7-15;1-10(2)17-7-8-18(14(17)6)15-11(3)9-12(4)16-13(15)5/h5-13,17H,1-4H3;10-12,16-17H,5-9H2,1-4H3;9-11,15-16H,5-8H2,1-4H3;8-11,14-15H,4-7H2,1-3H3;7-10,14H,1-6H3/t17-;16-;15-;2*14-/m01111/s1. The van der Waals surface area contributed by atoms with Crippen LogP contribution >= 0.6 is 0 Å². The summed E-state index contributed by atoms with van der Waals surface area (Å²) in [6.07, 6.45) is 43.7. The third-order valence-electron chi connectivity index (χ3n) is 22.1. The Balaban J connectivity index is 0.000000134. The average Bonchev–Trinajstić information content (AvgIpc) is 1.73. The maximum Gasteiger partial charge on any atom is 0.107 e. The van der Waals surface area contributed by atoms with Gasteiger partial charge in [-0.05, 0) is 253 Å². The van der Waals surface area contributed by atoms with E-state index in [0.717, 1.165) is 51.9 Å². The van der Waals surface area contributed by atoms with E-state index in [4.69, 9.17) is 0 Å². The number of rotatable bonds is 10. The maximum atomic E-state index is 4.66. The third kappa shape index (κ3) is 16.3. The van der Waals surface area contributed by atoms with Crippen molar-refractivity contribution in [3.8, 4) is 0 Å². The van der Waals surface area contributed by atoms with E-state index in [9.17, 15) is 0 Å². The first-order valence-corrected chi connectivity index (χ1v) is 37.4. The molecular weight excluding hydrogens is 1220 g/mol. The minimum atomic E-state index is 0.283. The molecule has 14 heteroatoms. The van der Waals surface area contributed by atoms with Crippen molar-refractivity contribution in [1.82, 2.24) is 39.5 Å². The number of hydrogen-bond donors (Lipinski definition) is 0. The van der Waals surface area contributed by atoms with Crippen LogP contribution in [0.2, 0.25) is 0 Å². The molecule has 0 bridgehead atoms. The van der Waals surface area contributed by atoms with Crippen molar-refractivity contribution in [2.45, 2.75) is 284 Å². The molecule has 6 aromatic rings. The summed E-state index contributed by atoms with van der Waals surface area (Å²) in [5.41, 5.74) is 24.6. The Hall–Kier alpha value is -8.26. The summed E-state index contributed by atoms with van der Waals surface area (Å²) < 4.78 is 0. The number of nitrogens with zero attached hydrogens (tertiary/aromatic N) is 14. The van der Waals surface area contributed by atoms with E-state index in [0.29, 0.717) is 36.7 Å². The molecule has 2 aromatic carbocycles. The summed E-state index contributed by atoms with van der Waals surface area (Å²) in [4.78, 5) is 42.5. The van der Waals surface area contributed by atoms with E-state index in [1.807, 2.05) is 13.1 Å². The molecule has 3 aliphatic carbocycles. The van der Waals surface area contributed by atoms with Crippen LogP contribution in [-0.2, 0) is 0 Å². The van der Waals surface area contributed by atoms with Gasteiger partial charge in [0.25, 0.3) is 0 Å². The molecule has 3 saturated carbocycles. The second-order valence-corrected chi connectivity index (χ2v) is 29.8. The first-order valence-electron chi connectivity index (χ1n) is 37.4. The van der Waals surface area contributed by atoms with E-state index in [-0.39, 0.29) is 6.17 Å². The smallest absolute Gasteiger partial charge is 0.107 e. The zero-order valence-electron chi connectivity index (χ0n) is 64.4. The Kier molecular flexibility index (Phi) is 24.0. The van der Waals surface area contributed by atoms with Crippen LogP contribution in [0, 0.1) is 96.9 Å². The summed E-state index contributed by atoms with van der Waals surface area (Å²) in [5.74, 6) is 0. The van der Waals surface area contributed by atoms with Gasteiger partial charge >= 0.3 is 0 Å². The van der Waals surface area contributed by atoms with Crippen LogP contribution in [0.1, 0.15) is 211 Å². The highest BCUT2D eigenvalue weighted by Crippen LogP contribution is 2.40. The molecule has 530 valence electrons. The highest BCUT2D eigenvalue weighted by molar-refractivity contribution is 5.69. The average molecular weight is 1340 g/mol. The van der Waals surface area contributed by atoms with Crippen molar-refractivity contribution in [3.63, 3.8) is 0 Å². The van der Waals surface area contributed by atoms with Gasteiger partial charge in [0.2, 0.25) is 0 Å². The number of aromatic nitrogens is 4. The molecule has 0 amide bonds. The first kappa shape index (κ1) is 73.5. The largest absolute Gasteiger partial charge is 0.353 e. The van der Waals surface area contributed by atoms with Crippen molar-refractivity contribution in [1.29, 1.82) is 0 Å². The fraction of sp³-hybridized carbons (Fsp3) is 0.506. The molecule has 14 rings (SSSR count). The maximum absolute atomic E-state index is 4.66. The lowest BCUT2D eigenvalue weighted by Gasteiger charge is -2.38. The molecule has 0 saturated heterocycles. The Labute approximate surface area is 597 Å². The lowest BCUT2D eigenvalue weighted by molar-refractivity contribution is 0.187. The number of para-hydroxylation sites is 2. The van der Waals surface area contributed by atoms with E-state index in [1.54, 1.807) is 0 Å². The topological polar surface area (TPSA) is 84.0 Å². The zero-order valence-corrected chi connectivity index (χ0v) is 64.4. The molecule has 0 radical (unpaired) electrons.